The number of carbonyl (C=O) groups excluding carboxylic acids is 2. The largest absolute Gasteiger partial charge is 0.493 e. The third-order valence-corrected chi connectivity index (χ3v) is 3.94. The maximum atomic E-state index is 12.6. The van der Waals surface area contributed by atoms with Crippen LogP contribution in [0.2, 0.25) is 0 Å². The van der Waals surface area contributed by atoms with E-state index in [1.807, 2.05) is 6.92 Å². The number of hydrogen-bond acceptors (Lipinski definition) is 6. The van der Waals surface area contributed by atoms with E-state index >= 15 is 0 Å². The van der Waals surface area contributed by atoms with Crippen LogP contribution in [-0.4, -0.2) is 38.0 Å². The molecule has 0 aliphatic heterocycles. The van der Waals surface area contributed by atoms with Crippen LogP contribution in [0, 0.1) is 0 Å². The lowest BCUT2D eigenvalue weighted by Gasteiger charge is -2.12. The van der Waals surface area contributed by atoms with Crippen molar-refractivity contribution in [1.29, 1.82) is 0 Å². The topological polar surface area (TPSA) is 116 Å². The summed E-state index contributed by atoms with van der Waals surface area (Å²) in [7, 11) is 4.52. The lowest BCUT2D eigenvalue weighted by atomic mass is 10.2. The van der Waals surface area contributed by atoms with Gasteiger partial charge in [-0.15, -0.1) is 0 Å². The van der Waals surface area contributed by atoms with Crippen LogP contribution < -0.4 is 25.3 Å². The third-order valence-electron chi connectivity index (χ3n) is 3.94. The maximum Gasteiger partial charge on any atom is 0.271 e. The van der Waals surface area contributed by atoms with E-state index in [4.69, 9.17) is 19.9 Å². The first-order chi connectivity index (χ1) is 12.9. The molecule has 2 rings (SSSR count). The molecule has 1 amide bonds. The van der Waals surface area contributed by atoms with Gasteiger partial charge in [0.15, 0.2) is 11.5 Å². The highest BCUT2D eigenvalue weighted by atomic mass is 16.5. The minimum absolute atomic E-state index is 0.0928. The number of hydrogen-bond donors (Lipinski definition) is 3. The Labute approximate surface area is 157 Å². The molecule has 0 bridgehead atoms. The minimum atomic E-state index is -0.445. The zero-order valence-corrected chi connectivity index (χ0v) is 15.8. The number of aromatic nitrogens is 1. The van der Waals surface area contributed by atoms with Gasteiger partial charge in [0.05, 0.1) is 32.5 Å². The summed E-state index contributed by atoms with van der Waals surface area (Å²) in [5.41, 5.74) is 6.59. The van der Waals surface area contributed by atoms with Gasteiger partial charge in [0.1, 0.15) is 5.69 Å². The molecule has 8 heteroatoms. The third kappa shape index (κ3) is 4.05. The van der Waals surface area contributed by atoms with Crippen molar-refractivity contribution in [3.05, 3.63) is 41.9 Å². The molecule has 8 nitrogen and oxygen atoms in total. The van der Waals surface area contributed by atoms with E-state index in [-0.39, 0.29) is 11.4 Å². The number of aromatic amines is 1. The molecule has 4 N–H and O–H groups in total. The highest BCUT2D eigenvalue weighted by Gasteiger charge is 2.20. The average Bonchev–Trinajstić information content (AvgIpc) is 3.09. The molecule has 0 spiro atoms. The van der Waals surface area contributed by atoms with Gasteiger partial charge in [0.25, 0.3) is 5.91 Å². The fourth-order valence-corrected chi connectivity index (χ4v) is 2.56. The Morgan fingerprint density at radius 2 is 1.85 bits per heavy atom. The Balaban J connectivity index is 2.43. The molecule has 0 unspecified atom stereocenters. The second-order valence-corrected chi connectivity index (χ2v) is 5.66. The highest BCUT2D eigenvalue weighted by Crippen LogP contribution is 2.43. The summed E-state index contributed by atoms with van der Waals surface area (Å²) in [6.07, 6.45) is 1.70. The monoisotopic (exact) mass is 373 g/mol. The van der Waals surface area contributed by atoms with Crippen LogP contribution in [0.3, 0.4) is 0 Å². The number of ketones is 1. The summed E-state index contributed by atoms with van der Waals surface area (Å²) in [4.78, 5) is 27.3. The molecule has 0 atom stereocenters. The molecular weight excluding hydrogens is 350 g/mol. The van der Waals surface area contributed by atoms with Gasteiger partial charge in [-0.1, -0.05) is 13.5 Å². The van der Waals surface area contributed by atoms with Crippen LogP contribution in [0.4, 0.5) is 0 Å². The second-order valence-electron chi connectivity index (χ2n) is 5.66. The van der Waals surface area contributed by atoms with Gasteiger partial charge in [-0.2, -0.15) is 0 Å². The predicted octanol–water partition coefficient (Wildman–Crippen LogP) is 2.26. The van der Waals surface area contributed by atoms with E-state index < -0.39 is 11.7 Å². The number of nitrogens with two attached hydrogens (primary N) is 1. The molecule has 2 aromatic rings. The molecule has 1 heterocycles. The number of rotatable bonds is 8. The normalized spacial score (nSPS) is 11.2. The van der Waals surface area contributed by atoms with Gasteiger partial charge in [0, 0.05) is 17.2 Å². The number of ether oxygens (including phenoxy) is 3. The Morgan fingerprint density at radius 1 is 1.19 bits per heavy atom. The zero-order chi connectivity index (χ0) is 20.1. The molecule has 27 heavy (non-hydrogen) atoms. The maximum absolute atomic E-state index is 12.6. The van der Waals surface area contributed by atoms with Gasteiger partial charge in [-0.05, 0) is 18.6 Å². The molecule has 0 saturated heterocycles. The fraction of sp³-hybridized carbons (Fsp3) is 0.263. The van der Waals surface area contributed by atoms with Crippen LogP contribution in [0.25, 0.3) is 10.9 Å². The number of fused-ring (bicyclic) bond motifs is 1. The fourth-order valence-electron chi connectivity index (χ4n) is 2.56. The number of nitrogens with one attached hydrogen (secondary N) is 2. The van der Waals surface area contributed by atoms with Crippen LogP contribution in [0.15, 0.2) is 36.2 Å². The first kappa shape index (κ1) is 19.9. The van der Waals surface area contributed by atoms with Crippen molar-refractivity contribution in [2.45, 2.75) is 13.3 Å². The Kier molecular flexibility index (Phi) is 6.12. The molecule has 0 aliphatic carbocycles. The summed E-state index contributed by atoms with van der Waals surface area (Å²) >= 11 is 0. The summed E-state index contributed by atoms with van der Waals surface area (Å²) in [5, 5.41) is 3.41. The molecule has 0 saturated carbocycles. The summed E-state index contributed by atoms with van der Waals surface area (Å²) in [6, 6.07) is 3.40. The van der Waals surface area contributed by atoms with Gasteiger partial charge in [0.2, 0.25) is 11.5 Å². The smallest absolute Gasteiger partial charge is 0.271 e. The number of H-pyrrole nitrogens is 1. The van der Waals surface area contributed by atoms with Gasteiger partial charge in [-0.3, -0.25) is 9.59 Å². The number of methoxy groups -OCH3 is 3. The molecule has 1 aromatic carbocycles. The first-order valence-electron chi connectivity index (χ1n) is 8.18. The van der Waals surface area contributed by atoms with Gasteiger partial charge < -0.3 is 30.2 Å². The number of carbonyl (C=O) groups is 2. The van der Waals surface area contributed by atoms with Crippen molar-refractivity contribution in [3.63, 3.8) is 0 Å². The van der Waals surface area contributed by atoms with Crippen molar-refractivity contribution >= 4 is 22.6 Å². The Hall–Kier alpha value is -3.42. The number of amides is 1. The van der Waals surface area contributed by atoms with Crippen LogP contribution in [0.1, 0.15) is 23.8 Å². The summed E-state index contributed by atoms with van der Waals surface area (Å²) in [5.74, 6) is 0.470. The Morgan fingerprint density at radius 3 is 2.37 bits per heavy atom. The minimum Gasteiger partial charge on any atom is -0.493 e. The number of benzene rings is 1. The van der Waals surface area contributed by atoms with Crippen LogP contribution in [0.5, 0.6) is 17.2 Å². The van der Waals surface area contributed by atoms with Crippen molar-refractivity contribution in [1.82, 2.24) is 10.3 Å². The van der Waals surface area contributed by atoms with Crippen LogP contribution >= 0.6 is 0 Å². The first-order valence-corrected chi connectivity index (χ1v) is 8.18. The Bertz CT molecular complexity index is 927. The second kappa shape index (κ2) is 8.31. The lowest BCUT2D eigenvalue weighted by molar-refractivity contribution is -0.111. The van der Waals surface area contributed by atoms with Crippen molar-refractivity contribution in [3.8, 4) is 17.2 Å². The lowest BCUT2D eigenvalue weighted by Crippen LogP contribution is -2.24. The van der Waals surface area contributed by atoms with E-state index in [2.05, 4.69) is 16.9 Å². The molecule has 0 aliphatic rings. The van der Waals surface area contributed by atoms with Gasteiger partial charge in [-0.25, -0.2) is 0 Å². The quantitative estimate of drug-likeness (QED) is 0.611. The zero-order valence-electron chi connectivity index (χ0n) is 15.8. The molecule has 144 valence electrons. The molecular formula is C19H23N3O5. The molecule has 1 aromatic heterocycles. The van der Waals surface area contributed by atoms with E-state index in [9.17, 15) is 9.59 Å². The summed E-state index contributed by atoms with van der Waals surface area (Å²) in [6.45, 7) is 5.20. The van der Waals surface area contributed by atoms with Crippen molar-refractivity contribution in [2.24, 2.45) is 5.73 Å². The standard InChI is InChI=1S/C19H23N3O5/c1-6-12(9-14(23)10(2)20)21-19(24)13-7-11-8-15(25-3)17(26-4)18(27-5)16(11)22-13/h7-9,22H,2,6,20H2,1,3-5H3,(H,21,24)/b12-9+. The van der Waals surface area contributed by atoms with E-state index in [0.717, 1.165) is 0 Å². The molecule has 0 radical (unpaired) electrons. The van der Waals surface area contributed by atoms with Gasteiger partial charge >= 0.3 is 0 Å². The van der Waals surface area contributed by atoms with Crippen molar-refractivity contribution < 1.29 is 23.8 Å². The van der Waals surface area contributed by atoms with E-state index in [0.29, 0.717) is 40.3 Å². The van der Waals surface area contributed by atoms with Crippen molar-refractivity contribution in [2.75, 3.05) is 21.3 Å². The predicted molar refractivity (Wildman–Crippen MR) is 102 cm³/mol. The number of allylic oxidation sites excluding steroid dienone is 2. The average molecular weight is 373 g/mol. The summed E-state index contributed by atoms with van der Waals surface area (Å²) < 4.78 is 16.1. The SMILES string of the molecule is C=C(N)C(=O)/C=C(\CC)NC(=O)c1cc2cc(OC)c(OC)c(OC)c2[nH]1. The van der Waals surface area contributed by atoms with E-state index in [1.54, 1.807) is 12.1 Å². The van der Waals surface area contributed by atoms with E-state index in [1.165, 1.54) is 27.4 Å². The molecule has 0 fully saturated rings. The van der Waals surface area contributed by atoms with Crippen LogP contribution in [-0.2, 0) is 4.79 Å². The highest BCUT2D eigenvalue weighted by molar-refractivity contribution is 6.05.